The molecule has 0 aliphatic heterocycles. The molecule has 1 atom stereocenters. The van der Waals surface area contributed by atoms with E-state index in [1.54, 1.807) is 0 Å². The predicted octanol–water partition coefficient (Wildman–Crippen LogP) is 1.84. The molecule has 2 heterocycles. The zero-order chi connectivity index (χ0) is 13.8. The first-order valence-electron chi connectivity index (χ1n) is 6.89. The minimum atomic E-state index is 0.287. The Hall–Kier alpha value is -1.62. The van der Waals surface area contributed by atoms with Gasteiger partial charge in [0.05, 0.1) is 23.6 Å². The molecule has 0 aromatic carbocycles. The number of nitrogens with zero attached hydrogens (tertiary/aromatic N) is 4. The summed E-state index contributed by atoms with van der Waals surface area (Å²) in [6, 6.07) is 2.46. The standard InChI is InChI=1S/C14H23N5/c1-5-15-13(8-12-9-16-18(4)10-12)14-7-11(3)17-19(14)6-2/h7,9-10,13,15H,5-6,8H2,1-4H3. The van der Waals surface area contributed by atoms with Crippen LogP contribution in [0.2, 0.25) is 0 Å². The van der Waals surface area contributed by atoms with Crippen LogP contribution in [0.4, 0.5) is 0 Å². The Labute approximate surface area is 114 Å². The highest BCUT2D eigenvalue weighted by Crippen LogP contribution is 2.19. The van der Waals surface area contributed by atoms with E-state index in [1.807, 2.05) is 24.9 Å². The van der Waals surface area contributed by atoms with Crippen LogP contribution in [-0.2, 0) is 20.0 Å². The molecule has 0 aliphatic rings. The minimum absolute atomic E-state index is 0.287. The number of rotatable bonds is 6. The minimum Gasteiger partial charge on any atom is -0.309 e. The van der Waals surface area contributed by atoms with Gasteiger partial charge in [-0.25, -0.2) is 0 Å². The van der Waals surface area contributed by atoms with Crippen LogP contribution >= 0.6 is 0 Å². The third-order valence-corrected chi connectivity index (χ3v) is 3.24. The van der Waals surface area contributed by atoms with Crippen molar-refractivity contribution >= 4 is 0 Å². The van der Waals surface area contributed by atoms with E-state index in [0.717, 1.165) is 25.2 Å². The maximum absolute atomic E-state index is 4.53. The molecule has 1 unspecified atom stereocenters. The van der Waals surface area contributed by atoms with E-state index in [9.17, 15) is 0 Å². The van der Waals surface area contributed by atoms with E-state index >= 15 is 0 Å². The fraction of sp³-hybridized carbons (Fsp3) is 0.571. The predicted molar refractivity (Wildman–Crippen MR) is 76.0 cm³/mol. The summed E-state index contributed by atoms with van der Waals surface area (Å²) >= 11 is 0. The Morgan fingerprint density at radius 1 is 1.37 bits per heavy atom. The molecule has 0 amide bonds. The van der Waals surface area contributed by atoms with Crippen LogP contribution in [0, 0.1) is 6.92 Å². The van der Waals surface area contributed by atoms with Crippen molar-refractivity contribution in [1.82, 2.24) is 24.9 Å². The van der Waals surface area contributed by atoms with Crippen LogP contribution in [0.5, 0.6) is 0 Å². The molecule has 2 rings (SSSR count). The van der Waals surface area contributed by atoms with Crippen molar-refractivity contribution in [2.45, 2.75) is 39.8 Å². The van der Waals surface area contributed by atoms with Crippen LogP contribution in [0.15, 0.2) is 18.5 Å². The molecule has 0 saturated heterocycles. The Morgan fingerprint density at radius 2 is 2.16 bits per heavy atom. The lowest BCUT2D eigenvalue weighted by Crippen LogP contribution is -2.25. The maximum atomic E-state index is 4.53. The number of hydrogen-bond donors (Lipinski definition) is 1. The van der Waals surface area contributed by atoms with Gasteiger partial charge in [-0.1, -0.05) is 6.92 Å². The molecular weight excluding hydrogens is 238 g/mol. The quantitative estimate of drug-likeness (QED) is 0.863. The van der Waals surface area contributed by atoms with E-state index in [4.69, 9.17) is 0 Å². The van der Waals surface area contributed by atoms with Gasteiger partial charge in [0.2, 0.25) is 0 Å². The number of hydrogen-bond acceptors (Lipinski definition) is 3. The Balaban J connectivity index is 2.23. The van der Waals surface area contributed by atoms with E-state index in [1.165, 1.54) is 11.3 Å². The fourth-order valence-corrected chi connectivity index (χ4v) is 2.44. The zero-order valence-corrected chi connectivity index (χ0v) is 12.2. The van der Waals surface area contributed by atoms with E-state index < -0.39 is 0 Å². The third kappa shape index (κ3) is 3.23. The van der Waals surface area contributed by atoms with Crippen LogP contribution in [0.1, 0.15) is 36.8 Å². The second kappa shape index (κ2) is 6.02. The lowest BCUT2D eigenvalue weighted by atomic mass is 10.1. The first-order valence-corrected chi connectivity index (χ1v) is 6.89. The molecule has 19 heavy (non-hydrogen) atoms. The average molecular weight is 261 g/mol. The summed E-state index contributed by atoms with van der Waals surface area (Å²) in [6.45, 7) is 8.15. The fourth-order valence-electron chi connectivity index (χ4n) is 2.44. The highest BCUT2D eigenvalue weighted by atomic mass is 15.3. The summed E-state index contributed by atoms with van der Waals surface area (Å²) in [4.78, 5) is 0. The van der Waals surface area contributed by atoms with Gasteiger partial charge in [-0.05, 0) is 38.4 Å². The number of aryl methyl sites for hydroxylation is 3. The molecule has 2 aromatic rings. The van der Waals surface area contributed by atoms with Crippen molar-refractivity contribution in [3.05, 3.63) is 35.4 Å². The molecular formula is C14H23N5. The largest absolute Gasteiger partial charge is 0.309 e. The highest BCUT2D eigenvalue weighted by Gasteiger charge is 2.17. The molecule has 0 bridgehead atoms. The molecule has 0 radical (unpaired) electrons. The smallest absolute Gasteiger partial charge is 0.0597 e. The van der Waals surface area contributed by atoms with Crippen LogP contribution < -0.4 is 5.32 Å². The summed E-state index contributed by atoms with van der Waals surface area (Å²) in [5.41, 5.74) is 3.58. The van der Waals surface area contributed by atoms with Crippen LogP contribution in [0.3, 0.4) is 0 Å². The van der Waals surface area contributed by atoms with Gasteiger partial charge in [0, 0.05) is 19.8 Å². The highest BCUT2D eigenvalue weighted by molar-refractivity contribution is 5.17. The van der Waals surface area contributed by atoms with Crippen molar-refractivity contribution in [1.29, 1.82) is 0 Å². The molecule has 1 N–H and O–H groups in total. The average Bonchev–Trinajstić information content (AvgIpc) is 2.94. The normalized spacial score (nSPS) is 12.8. The molecule has 0 fully saturated rings. The molecule has 5 nitrogen and oxygen atoms in total. The number of nitrogens with one attached hydrogen (secondary N) is 1. The number of likely N-dealkylation sites (N-methyl/N-ethyl adjacent to an activating group) is 1. The molecule has 0 saturated carbocycles. The van der Waals surface area contributed by atoms with Gasteiger partial charge in [0.15, 0.2) is 0 Å². The van der Waals surface area contributed by atoms with E-state index in [0.29, 0.717) is 0 Å². The van der Waals surface area contributed by atoms with E-state index in [-0.39, 0.29) is 6.04 Å². The lowest BCUT2D eigenvalue weighted by Gasteiger charge is -2.18. The van der Waals surface area contributed by atoms with Crippen molar-refractivity contribution in [2.24, 2.45) is 7.05 Å². The summed E-state index contributed by atoms with van der Waals surface area (Å²) in [5, 5.41) is 12.3. The maximum Gasteiger partial charge on any atom is 0.0597 e. The van der Waals surface area contributed by atoms with Gasteiger partial charge >= 0.3 is 0 Å². The van der Waals surface area contributed by atoms with E-state index in [2.05, 4.69) is 46.3 Å². The SMILES string of the molecule is CCNC(Cc1cnn(C)c1)c1cc(C)nn1CC. The second-order valence-corrected chi connectivity index (χ2v) is 4.86. The van der Waals surface area contributed by atoms with Gasteiger partial charge in [0.1, 0.15) is 0 Å². The van der Waals surface area contributed by atoms with Crippen molar-refractivity contribution in [3.8, 4) is 0 Å². The van der Waals surface area contributed by atoms with Gasteiger partial charge in [-0.3, -0.25) is 9.36 Å². The summed E-state index contributed by atoms with van der Waals surface area (Å²) in [5.74, 6) is 0. The zero-order valence-electron chi connectivity index (χ0n) is 12.2. The molecule has 5 heteroatoms. The summed E-state index contributed by atoms with van der Waals surface area (Å²) < 4.78 is 3.93. The summed E-state index contributed by atoms with van der Waals surface area (Å²) in [6.07, 6.45) is 4.94. The van der Waals surface area contributed by atoms with Gasteiger partial charge in [0.25, 0.3) is 0 Å². The molecule has 0 spiro atoms. The molecule has 0 aliphatic carbocycles. The van der Waals surface area contributed by atoms with Crippen molar-refractivity contribution in [2.75, 3.05) is 6.54 Å². The molecule has 2 aromatic heterocycles. The first kappa shape index (κ1) is 13.8. The Bertz CT molecular complexity index is 526. The topological polar surface area (TPSA) is 47.7 Å². The number of aromatic nitrogens is 4. The monoisotopic (exact) mass is 261 g/mol. The Morgan fingerprint density at radius 3 is 2.74 bits per heavy atom. The third-order valence-electron chi connectivity index (χ3n) is 3.24. The molecule has 104 valence electrons. The van der Waals surface area contributed by atoms with Gasteiger partial charge in [-0.2, -0.15) is 10.2 Å². The van der Waals surface area contributed by atoms with Crippen LogP contribution in [-0.4, -0.2) is 26.1 Å². The summed E-state index contributed by atoms with van der Waals surface area (Å²) in [7, 11) is 1.95. The Kier molecular flexibility index (Phi) is 4.37. The second-order valence-electron chi connectivity index (χ2n) is 4.86. The van der Waals surface area contributed by atoms with Crippen molar-refractivity contribution < 1.29 is 0 Å². The lowest BCUT2D eigenvalue weighted by molar-refractivity contribution is 0.489. The van der Waals surface area contributed by atoms with Gasteiger partial charge in [-0.15, -0.1) is 0 Å². The van der Waals surface area contributed by atoms with Gasteiger partial charge < -0.3 is 5.32 Å². The first-order chi connectivity index (χ1) is 9.13. The van der Waals surface area contributed by atoms with Crippen molar-refractivity contribution in [3.63, 3.8) is 0 Å². The van der Waals surface area contributed by atoms with Crippen LogP contribution in [0.25, 0.3) is 0 Å².